The number of aryl methyl sites for hydroxylation is 1. The summed E-state index contributed by atoms with van der Waals surface area (Å²) in [7, 11) is 0. The van der Waals surface area contributed by atoms with Crippen LogP contribution in [0.1, 0.15) is 37.5 Å². The van der Waals surface area contributed by atoms with Crippen molar-refractivity contribution in [1.82, 2.24) is 10.2 Å². The predicted octanol–water partition coefficient (Wildman–Crippen LogP) is 3.14. The Balaban J connectivity index is 2.57. The van der Waals surface area contributed by atoms with Gasteiger partial charge in [-0.3, -0.25) is 5.10 Å². The third-order valence-corrected chi connectivity index (χ3v) is 3.31. The van der Waals surface area contributed by atoms with E-state index in [1.165, 1.54) is 16.7 Å². The lowest BCUT2D eigenvalue weighted by molar-refractivity contribution is 0.590. The zero-order chi connectivity index (χ0) is 13.3. The molecule has 0 fully saturated rings. The molecule has 0 bridgehead atoms. The Morgan fingerprint density at radius 3 is 2.61 bits per heavy atom. The summed E-state index contributed by atoms with van der Waals surface area (Å²) in [6.07, 6.45) is 1.80. The van der Waals surface area contributed by atoms with Crippen LogP contribution in [0.3, 0.4) is 0 Å². The molecule has 3 nitrogen and oxygen atoms in total. The van der Waals surface area contributed by atoms with E-state index in [-0.39, 0.29) is 5.41 Å². The Hall–Kier alpha value is -1.61. The molecule has 2 aromatic rings. The maximum atomic E-state index is 5.75. The van der Waals surface area contributed by atoms with Gasteiger partial charge in [-0.15, -0.1) is 0 Å². The zero-order valence-corrected chi connectivity index (χ0v) is 11.5. The molecule has 0 aliphatic rings. The summed E-state index contributed by atoms with van der Waals surface area (Å²) in [4.78, 5) is 0. The molecule has 18 heavy (non-hydrogen) atoms. The van der Waals surface area contributed by atoms with E-state index in [1.54, 1.807) is 6.20 Å². The second-order valence-electron chi connectivity index (χ2n) is 5.75. The van der Waals surface area contributed by atoms with Gasteiger partial charge in [0.05, 0.1) is 11.9 Å². The lowest BCUT2D eigenvalue weighted by Crippen LogP contribution is -2.11. The summed E-state index contributed by atoms with van der Waals surface area (Å²) >= 11 is 0. The van der Waals surface area contributed by atoms with Crippen molar-refractivity contribution in [2.45, 2.75) is 39.7 Å². The summed E-state index contributed by atoms with van der Waals surface area (Å²) in [5, 5.41) is 7.16. The van der Waals surface area contributed by atoms with Crippen molar-refractivity contribution in [2.24, 2.45) is 5.73 Å². The van der Waals surface area contributed by atoms with Crippen LogP contribution < -0.4 is 5.73 Å². The lowest BCUT2D eigenvalue weighted by Gasteiger charge is -2.20. The molecule has 1 aromatic carbocycles. The number of hydrogen-bond donors (Lipinski definition) is 2. The van der Waals surface area contributed by atoms with Gasteiger partial charge in [0.25, 0.3) is 0 Å². The fourth-order valence-corrected chi connectivity index (χ4v) is 2.06. The molecule has 0 amide bonds. The van der Waals surface area contributed by atoms with Gasteiger partial charge < -0.3 is 5.73 Å². The quantitative estimate of drug-likeness (QED) is 0.851. The number of aromatic amines is 1. The molecule has 0 aliphatic heterocycles. The van der Waals surface area contributed by atoms with Gasteiger partial charge in [-0.05, 0) is 29.5 Å². The first-order valence-electron chi connectivity index (χ1n) is 6.27. The molecular weight excluding hydrogens is 222 g/mol. The summed E-state index contributed by atoms with van der Waals surface area (Å²) in [5.74, 6) is 0. The van der Waals surface area contributed by atoms with E-state index < -0.39 is 0 Å². The highest BCUT2D eigenvalue weighted by atomic mass is 15.1. The number of rotatable bonds is 2. The van der Waals surface area contributed by atoms with Crippen LogP contribution in [0.5, 0.6) is 0 Å². The van der Waals surface area contributed by atoms with Crippen molar-refractivity contribution in [2.75, 3.05) is 0 Å². The Labute approximate surface area is 108 Å². The standard InChI is InChI=1S/C15H21N3/c1-10-5-6-12(15(2,3)4)7-13(10)14-11(8-16)9-17-18-14/h5-7,9H,8,16H2,1-4H3,(H,17,18). The number of nitrogens with zero attached hydrogens (tertiary/aromatic N) is 1. The number of aromatic nitrogens is 2. The van der Waals surface area contributed by atoms with Crippen LogP contribution in [-0.4, -0.2) is 10.2 Å². The largest absolute Gasteiger partial charge is 0.326 e. The highest BCUT2D eigenvalue weighted by Crippen LogP contribution is 2.30. The Bertz CT molecular complexity index is 547. The van der Waals surface area contributed by atoms with Crippen LogP contribution in [0.2, 0.25) is 0 Å². The zero-order valence-electron chi connectivity index (χ0n) is 11.5. The molecule has 3 heteroatoms. The van der Waals surface area contributed by atoms with E-state index in [0.717, 1.165) is 11.3 Å². The van der Waals surface area contributed by atoms with Gasteiger partial charge in [0, 0.05) is 17.7 Å². The van der Waals surface area contributed by atoms with Crippen LogP contribution in [0.4, 0.5) is 0 Å². The van der Waals surface area contributed by atoms with E-state index in [4.69, 9.17) is 5.73 Å². The first kappa shape index (κ1) is 12.8. The van der Waals surface area contributed by atoms with Crippen molar-refractivity contribution >= 4 is 0 Å². The molecule has 96 valence electrons. The highest BCUT2D eigenvalue weighted by molar-refractivity contribution is 5.67. The number of nitrogens with one attached hydrogen (secondary N) is 1. The maximum absolute atomic E-state index is 5.75. The lowest BCUT2D eigenvalue weighted by atomic mass is 9.84. The second kappa shape index (κ2) is 4.58. The van der Waals surface area contributed by atoms with Crippen molar-refractivity contribution in [3.05, 3.63) is 41.1 Å². The van der Waals surface area contributed by atoms with E-state index in [0.29, 0.717) is 6.54 Å². The van der Waals surface area contributed by atoms with E-state index in [9.17, 15) is 0 Å². The molecule has 2 rings (SSSR count). The molecule has 0 atom stereocenters. The summed E-state index contributed by atoms with van der Waals surface area (Å²) < 4.78 is 0. The minimum Gasteiger partial charge on any atom is -0.326 e. The van der Waals surface area contributed by atoms with E-state index in [1.807, 2.05) is 0 Å². The van der Waals surface area contributed by atoms with Crippen LogP contribution in [-0.2, 0) is 12.0 Å². The Morgan fingerprint density at radius 2 is 2.00 bits per heavy atom. The molecule has 1 aromatic heterocycles. The first-order valence-corrected chi connectivity index (χ1v) is 6.27. The fourth-order valence-electron chi connectivity index (χ4n) is 2.06. The smallest absolute Gasteiger partial charge is 0.0697 e. The summed E-state index contributed by atoms with van der Waals surface area (Å²) in [6.45, 7) is 9.28. The van der Waals surface area contributed by atoms with Gasteiger partial charge in [-0.25, -0.2) is 0 Å². The average Bonchev–Trinajstić information content (AvgIpc) is 2.76. The normalized spacial score (nSPS) is 11.8. The molecule has 0 saturated heterocycles. The van der Waals surface area contributed by atoms with E-state index in [2.05, 4.69) is 56.1 Å². The topological polar surface area (TPSA) is 54.7 Å². The molecule has 0 saturated carbocycles. The number of nitrogens with two attached hydrogens (primary N) is 1. The Kier molecular flexibility index (Phi) is 3.26. The van der Waals surface area contributed by atoms with Crippen molar-refractivity contribution in [3.63, 3.8) is 0 Å². The van der Waals surface area contributed by atoms with Gasteiger partial charge >= 0.3 is 0 Å². The molecule has 0 aliphatic carbocycles. The van der Waals surface area contributed by atoms with Crippen molar-refractivity contribution < 1.29 is 0 Å². The van der Waals surface area contributed by atoms with Crippen molar-refractivity contribution in [1.29, 1.82) is 0 Å². The molecule has 1 heterocycles. The van der Waals surface area contributed by atoms with Gasteiger partial charge in [-0.1, -0.05) is 32.9 Å². The Morgan fingerprint density at radius 1 is 1.28 bits per heavy atom. The number of benzene rings is 1. The van der Waals surface area contributed by atoms with Crippen LogP contribution in [0, 0.1) is 6.92 Å². The first-order chi connectivity index (χ1) is 8.43. The minimum absolute atomic E-state index is 0.144. The predicted molar refractivity (Wildman–Crippen MR) is 75.4 cm³/mol. The van der Waals surface area contributed by atoms with Gasteiger partial charge in [0.1, 0.15) is 0 Å². The molecule has 0 radical (unpaired) electrons. The average molecular weight is 243 g/mol. The molecule has 0 spiro atoms. The number of H-pyrrole nitrogens is 1. The van der Waals surface area contributed by atoms with Crippen LogP contribution >= 0.6 is 0 Å². The SMILES string of the molecule is Cc1ccc(C(C)(C)C)cc1-c1[nH]ncc1CN. The van der Waals surface area contributed by atoms with Crippen molar-refractivity contribution in [3.8, 4) is 11.3 Å². The van der Waals surface area contributed by atoms with Gasteiger partial charge in [0.2, 0.25) is 0 Å². The fraction of sp³-hybridized carbons (Fsp3) is 0.400. The minimum atomic E-state index is 0.144. The molecule has 0 unspecified atom stereocenters. The van der Waals surface area contributed by atoms with Crippen LogP contribution in [0.25, 0.3) is 11.3 Å². The third-order valence-electron chi connectivity index (χ3n) is 3.31. The van der Waals surface area contributed by atoms with Gasteiger partial charge in [0.15, 0.2) is 0 Å². The monoisotopic (exact) mass is 243 g/mol. The summed E-state index contributed by atoms with van der Waals surface area (Å²) in [6, 6.07) is 6.59. The highest BCUT2D eigenvalue weighted by Gasteiger charge is 2.16. The molecule has 3 N–H and O–H groups in total. The number of hydrogen-bond acceptors (Lipinski definition) is 2. The maximum Gasteiger partial charge on any atom is 0.0697 e. The second-order valence-corrected chi connectivity index (χ2v) is 5.75. The van der Waals surface area contributed by atoms with Crippen LogP contribution in [0.15, 0.2) is 24.4 Å². The van der Waals surface area contributed by atoms with E-state index >= 15 is 0 Å². The summed E-state index contributed by atoms with van der Waals surface area (Å²) in [5.41, 5.74) is 11.7. The third kappa shape index (κ3) is 2.31. The van der Waals surface area contributed by atoms with Gasteiger partial charge in [-0.2, -0.15) is 5.10 Å². The molecular formula is C15H21N3.